The molecule has 0 aromatic carbocycles. The van der Waals surface area contributed by atoms with Crippen molar-refractivity contribution >= 4 is 11.8 Å². The molecule has 0 bridgehead atoms. The third-order valence-corrected chi connectivity index (χ3v) is 13.4. The lowest BCUT2D eigenvalue weighted by Gasteiger charge is -2.68. The van der Waals surface area contributed by atoms with Crippen LogP contribution in [0.3, 0.4) is 0 Å². The van der Waals surface area contributed by atoms with Crippen molar-refractivity contribution < 1.29 is 14.7 Å². The molecule has 38 heavy (non-hydrogen) atoms. The summed E-state index contributed by atoms with van der Waals surface area (Å²) in [5, 5.41) is 10.6. The Kier molecular flexibility index (Phi) is 5.73. The van der Waals surface area contributed by atoms with Gasteiger partial charge in [-0.15, -0.1) is 0 Å². The third kappa shape index (κ3) is 3.32. The van der Waals surface area contributed by atoms with Crippen molar-refractivity contribution in [2.45, 2.75) is 119 Å². The molecule has 0 spiro atoms. The lowest BCUT2D eigenvalue weighted by atomic mass is 9.34. The molecule has 0 saturated heterocycles. The maximum Gasteiger partial charge on any atom is 0.309 e. The largest absolute Gasteiger partial charge is 0.481 e. The van der Waals surface area contributed by atoms with E-state index in [9.17, 15) is 14.7 Å². The lowest BCUT2D eigenvalue weighted by Crippen LogP contribution is -2.65. The Labute approximate surface area is 230 Å². The Morgan fingerprint density at radius 1 is 1.00 bits per heavy atom. The molecule has 0 amide bonds. The van der Waals surface area contributed by atoms with Crippen LogP contribution >= 0.6 is 0 Å². The zero-order chi connectivity index (χ0) is 27.5. The topological polar surface area (TPSA) is 54.4 Å². The van der Waals surface area contributed by atoms with Crippen LogP contribution in [0.1, 0.15) is 119 Å². The first-order chi connectivity index (χ1) is 17.7. The summed E-state index contributed by atoms with van der Waals surface area (Å²) in [4.78, 5) is 27.3. The van der Waals surface area contributed by atoms with E-state index in [0.717, 1.165) is 44.9 Å². The molecule has 8 atom stereocenters. The fraction of sp³-hybridized carbons (Fsp3) is 0.771. The van der Waals surface area contributed by atoms with Gasteiger partial charge in [-0.1, -0.05) is 72.1 Å². The maximum atomic E-state index is 14.5. The minimum Gasteiger partial charge on any atom is -0.481 e. The summed E-state index contributed by atoms with van der Waals surface area (Å²) in [6, 6.07) is 0. The van der Waals surface area contributed by atoms with Gasteiger partial charge in [0.25, 0.3) is 0 Å². The molecule has 6 aliphatic carbocycles. The molecular formula is C35H50O3. The fourth-order valence-corrected chi connectivity index (χ4v) is 11.0. The van der Waals surface area contributed by atoms with Crippen molar-refractivity contribution in [1.29, 1.82) is 0 Å². The molecule has 3 nitrogen and oxygen atoms in total. The maximum absolute atomic E-state index is 14.5. The second-order valence-corrected chi connectivity index (χ2v) is 15.8. The zero-order valence-electron chi connectivity index (χ0n) is 25.0. The van der Waals surface area contributed by atoms with E-state index in [-0.39, 0.29) is 39.3 Å². The molecule has 6 aliphatic rings. The van der Waals surface area contributed by atoms with Crippen molar-refractivity contribution in [1.82, 2.24) is 0 Å². The molecule has 0 aromatic rings. The van der Waals surface area contributed by atoms with E-state index >= 15 is 0 Å². The predicted molar refractivity (Wildman–Crippen MR) is 152 cm³/mol. The highest BCUT2D eigenvalue weighted by atomic mass is 16.4. The van der Waals surface area contributed by atoms with Crippen LogP contribution in [0.2, 0.25) is 0 Å². The Hall–Kier alpha value is -1.64. The first-order valence-corrected chi connectivity index (χ1v) is 15.7. The van der Waals surface area contributed by atoms with Gasteiger partial charge in [0.1, 0.15) is 0 Å². The number of hydrogen-bond acceptors (Lipinski definition) is 2. The molecule has 0 heterocycles. The van der Waals surface area contributed by atoms with Crippen LogP contribution < -0.4 is 0 Å². The number of ketones is 1. The monoisotopic (exact) mass is 518 g/mol. The normalized spacial score (nSPS) is 47.2. The number of aliphatic carboxylic acids is 1. The van der Waals surface area contributed by atoms with Gasteiger partial charge < -0.3 is 5.11 Å². The number of fused-ring (bicyclic) bond motifs is 7. The number of allylic oxidation sites excluding steroid dienone is 6. The smallest absolute Gasteiger partial charge is 0.309 e. The van der Waals surface area contributed by atoms with Gasteiger partial charge in [0, 0.05) is 11.3 Å². The van der Waals surface area contributed by atoms with E-state index in [4.69, 9.17) is 0 Å². The standard InChI is InChI=1S/C35H50O3/c1-8-9-23-19-32(5)24(21(2)28(23)22-10-11-22)12-13-33(6)27(32)18-26(36)29-25-20-31(3,4)14-16-35(25,30(37)38)17-15-34(29,33)7/h18-19,21,24-25,29H,8-17,20H2,1-7H3,(H,37,38)/t21?,24?,25?,29?,32?,33?,34-,35?/m1/s1. The molecule has 4 fully saturated rings. The van der Waals surface area contributed by atoms with Crippen LogP contribution in [-0.2, 0) is 9.59 Å². The predicted octanol–water partition coefficient (Wildman–Crippen LogP) is 8.70. The minimum absolute atomic E-state index is 0.0715. The molecule has 0 aromatic heterocycles. The summed E-state index contributed by atoms with van der Waals surface area (Å²) in [5.74, 6) is 0.397. The van der Waals surface area contributed by atoms with Crippen molar-refractivity contribution in [3.63, 3.8) is 0 Å². The van der Waals surface area contributed by atoms with Crippen molar-refractivity contribution in [3.8, 4) is 0 Å². The second kappa shape index (κ2) is 8.20. The summed E-state index contributed by atoms with van der Waals surface area (Å²) < 4.78 is 0. The Bertz CT molecular complexity index is 1180. The number of hydrogen-bond donors (Lipinski definition) is 1. The molecular weight excluding hydrogens is 468 g/mol. The summed E-state index contributed by atoms with van der Waals surface area (Å²) in [7, 11) is 0. The molecule has 6 rings (SSSR count). The number of carboxylic acids is 1. The summed E-state index contributed by atoms with van der Waals surface area (Å²) in [6.07, 6.45) is 15.9. The van der Waals surface area contributed by atoms with E-state index in [0.29, 0.717) is 18.3 Å². The van der Waals surface area contributed by atoms with Crippen molar-refractivity contribution in [2.24, 2.45) is 50.7 Å². The number of carboxylic acid groups (broad SMARTS) is 1. The Morgan fingerprint density at radius 3 is 2.32 bits per heavy atom. The number of rotatable bonds is 3. The van der Waals surface area contributed by atoms with Crippen LogP contribution in [-0.4, -0.2) is 16.9 Å². The molecule has 0 aliphatic heterocycles. The minimum atomic E-state index is -0.739. The fourth-order valence-electron chi connectivity index (χ4n) is 11.0. The van der Waals surface area contributed by atoms with Gasteiger partial charge in [-0.3, -0.25) is 9.59 Å². The van der Waals surface area contributed by atoms with Gasteiger partial charge in [0.2, 0.25) is 0 Å². The molecule has 3 heteroatoms. The SMILES string of the molecule is CCCC1=CC2(C)C3=CC(=O)C4C5CC(C)(C)CCC5(C(=O)O)CC[C@@]4(C)C3(C)CCC2C(C)C1=C1CC1. The molecule has 7 unspecified atom stereocenters. The Morgan fingerprint density at radius 2 is 1.68 bits per heavy atom. The Balaban J connectivity index is 1.51. The molecule has 4 saturated carbocycles. The first-order valence-electron chi connectivity index (χ1n) is 15.7. The van der Waals surface area contributed by atoms with Crippen LogP contribution in [0.4, 0.5) is 0 Å². The molecule has 1 N–H and O–H groups in total. The van der Waals surface area contributed by atoms with Gasteiger partial charge in [-0.2, -0.15) is 0 Å². The third-order valence-electron chi connectivity index (χ3n) is 13.4. The van der Waals surface area contributed by atoms with Gasteiger partial charge >= 0.3 is 5.97 Å². The van der Waals surface area contributed by atoms with Gasteiger partial charge in [-0.25, -0.2) is 0 Å². The first kappa shape index (κ1) is 26.6. The van der Waals surface area contributed by atoms with Crippen molar-refractivity contribution in [2.75, 3.05) is 0 Å². The highest BCUT2D eigenvalue weighted by Crippen LogP contribution is 2.74. The second-order valence-electron chi connectivity index (χ2n) is 15.8. The molecule has 208 valence electrons. The summed E-state index contributed by atoms with van der Waals surface area (Å²) in [5.41, 5.74) is 5.24. The van der Waals surface area contributed by atoms with E-state index < -0.39 is 11.4 Å². The van der Waals surface area contributed by atoms with E-state index in [1.807, 2.05) is 0 Å². The average molecular weight is 519 g/mol. The van der Waals surface area contributed by atoms with Gasteiger partial charge in [-0.05, 0) is 115 Å². The van der Waals surface area contributed by atoms with E-state index in [1.165, 1.54) is 24.8 Å². The average Bonchev–Trinajstić information content (AvgIpc) is 3.65. The van der Waals surface area contributed by atoms with Crippen LogP contribution in [0, 0.1) is 50.7 Å². The van der Waals surface area contributed by atoms with Crippen LogP contribution in [0.25, 0.3) is 0 Å². The zero-order valence-corrected chi connectivity index (χ0v) is 25.0. The van der Waals surface area contributed by atoms with Crippen LogP contribution in [0.5, 0.6) is 0 Å². The van der Waals surface area contributed by atoms with Crippen LogP contribution in [0.15, 0.2) is 34.4 Å². The quantitative estimate of drug-likeness (QED) is 0.406. The van der Waals surface area contributed by atoms with Crippen molar-refractivity contribution in [3.05, 3.63) is 34.4 Å². The highest BCUT2D eigenvalue weighted by Gasteiger charge is 2.70. The summed E-state index contributed by atoms with van der Waals surface area (Å²) in [6.45, 7) is 16.6. The number of carbonyl (C=O) groups excluding carboxylic acids is 1. The van der Waals surface area contributed by atoms with Gasteiger partial charge in [0.15, 0.2) is 5.78 Å². The highest BCUT2D eigenvalue weighted by molar-refractivity contribution is 5.96. The van der Waals surface area contributed by atoms with Gasteiger partial charge in [0.05, 0.1) is 5.41 Å². The molecule has 0 radical (unpaired) electrons. The summed E-state index contributed by atoms with van der Waals surface area (Å²) >= 11 is 0. The lowest BCUT2D eigenvalue weighted by molar-refractivity contribution is -0.187. The van der Waals surface area contributed by atoms with E-state index in [1.54, 1.807) is 16.7 Å². The van der Waals surface area contributed by atoms with E-state index in [2.05, 4.69) is 60.6 Å². The number of carbonyl (C=O) groups is 2.